The van der Waals surface area contributed by atoms with Gasteiger partial charge in [0.25, 0.3) is 0 Å². The highest BCUT2D eigenvalue weighted by molar-refractivity contribution is 7.80. The second-order valence-electron chi connectivity index (χ2n) is 5.49. The molecule has 0 amide bonds. The molecule has 0 bridgehead atoms. The highest BCUT2D eigenvalue weighted by atomic mass is 32.1. The van der Waals surface area contributed by atoms with Crippen LogP contribution in [-0.4, -0.2) is 15.3 Å². The van der Waals surface area contributed by atoms with Crippen molar-refractivity contribution in [3.8, 4) is 0 Å². The minimum absolute atomic E-state index is 0.301. The van der Waals surface area contributed by atoms with E-state index in [1.807, 2.05) is 6.20 Å². The first-order valence-corrected chi connectivity index (χ1v) is 6.73. The van der Waals surface area contributed by atoms with E-state index in [2.05, 4.69) is 56.1 Å². The van der Waals surface area contributed by atoms with Gasteiger partial charge in [-0.15, -0.1) is 0 Å². The number of aryl methyl sites for hydroxylation is 1. The van der Waals surface area contributed by atoms with Gasteiger partial charge in [-0.05, 0) is 23.5 Å². The van der Waals surface area contributed by atoms with Crippen LogP contribution in [-0.2, 0) is 13.0 Å². The first-order valence-electron chi connectivity index (χ1n) is 6.10. The Labute approximate surface area is 105 Å². The average molecular weight is 240 g/mol. The standard InChI is InChI=1S/C13H24N2S/c1-5-6-12-14-7-8-15(12)9-11(10-16)13(2,3)4/h7-8,11,16H,5-6,9-10H2,1-4H3. The van der Waals surface area contributed by atoms with E-state index in [1.54, 1.807) is 0 Å². The molecule has 1 atom stereocenters. The number of rotatable bonds is 5. The third kappa shape index (κ3) is 3.55. The van der Waals surface area contributed by atoms with Gasteiger partial charge < -0.3 is 4.57 Å². The lowest BCUT2D eigenvalue weighted by Gasteiger charge is -2.30. The van der Waals surface area contributed by atoms with Crippen molar-refractivity contribution in [1.29, 1.82) is 0 Å². The fourth-order valence-electron chi connectivity index (χ4n) is 1.80. The summed E-state index contributed by atoms with van der Waals surface area (Å²) in [6, 6.07) is 0. The molecular formula is C13H24N2S. The quantitative estimate of drug-likeness (QED) is 0.781. The summed E-state index contributed by atoms with van der Waals surface area (Å²) < 4.78 is 2.29. The third-order valence-electron chi connectivity index (χ3n) is 3.14. The molecule has 0 aliphatic rings. The zero-order valence-corrected chi connectivity index (χ0v) is 11.8. The Bertz CT molecular complexity index is 312. The summed E-state index contributed by atoms with van der Waals surface area (Å²) in [5.74, 6) is 2.71. The predicted molar refractivity (Wildman–Crippen MR) is 73.0 cm³/mol. The van der Waals surface area contributed by atoms with Gasteiger partial charge in [0, 0.05) is 25.4 Å². The molecule has 0 N–H and O–H groups in total. The van der Waals surface area contributed by atoms with Gasteiger partial charge in [0.2, 0.25) is 0 Å². The number of nitrogens with zero attached hydrogens (tertiary/aromatic N) is 2. The van der Waals surface area contributed by atoms with E-state index in [4.69, 9.17) is 0 Å². The molecule has 0 spiro atoms. The molecule has 92 valence electrons. The lowest BCUT2D eigenvalue weighted by atomic mass is 9.82. The van der Waals surface area contributed by atoms with Crippen LogP contribution in [0.1, 0.15) is 39.9 Å². The Morgan fingerprint density at radius 1 is 1.44 bits per heavy atom. The lowest BCUT2D eigenvalue weighted by Crippen LogP contribution is -2.27. The van der Waals surface area contributed by atoms with Crippen molar-refractivity contribution in [3.63, 3.8) is 0 Å². The second kappa shape index (κ2) is 5.76. The van der Waals surface area contributed by atoms with E-state index in [-0.39, 0.29) is 0 Å². The average Bonchev–Trinajstić information content (AvgIpc) is 2.60. The van der Waals surface area contributed by atoms with Crippen molar-refractivity contribution in [2.45, 2.75) is 47.1 Å². The van der Waals surface area contributed by atoms with Crippen LogP contribution in [0.4, 0.5) is 0 Å². The molecule has 0 aromatic carbocycles. The first-order chi connectivity index (χ1) is 7.49. The second-order valence-corrected chi connectivity index (χ2v) is 5.86. The minimum atomic E-state index is 0.301. The number of imidazole rings is 1. The first kappa shape index (κ1) is 13.6. The van der Waals surface area contributed by atoms with E-state index < -0.39 is 0 Å². The van der Waals surface area contributed by atoms with Crippen LogP contribution < -0.4 is 0 Å². The summed E-state index contributed by atoms with van der Waals surface area (Å²) in [4.78, 5) is 4.41. The van der Waals surface area contributed by atoms with Gasteiger partial charge >= 0.3 is 0 Å². The molecule has 0 radical (unpaired) electrons. The van der Waals surface area contributed by atoms with Gasteiger partial charge in [-0.25, -0.2) is 4.98 Å². The maximum Gasteiger partial charge on any atom is 0.108 e. The van der Waals surface area contributed by atoms with E-state index in [1.165, 1.54) is 5.82 Å². The Kier molecular flexibility index (Phi) is 4.90. The number of hydrogen-bond acceptors (Lipinski definition) is 2. The predicted octanol–water partition coefficient (Wildman–Crippen LogP) is 3.43. The third-order valence-corrected chi connectivity index (χ3v) is 3.58. The maximum absolute atomic E-state index is 4.47. The zero-order chi connectivity index (χ0) is 12.2. The van der Waals surface area contributed by atoms with Gasteiger partial charge in [-0.2, -0.15) is 12.6 Å². The van der Waals surface area contributed by atoms with Gasteiger partial charge in [-0.3, -0.25) is 0 Å². The monoisotopic (exact) mass is 240 g/mol. The highest BCUT2D eigenvalue weighted by Crippen LogP contribution is 2.28. The van der Waals surface area contributed by atoms with Gasteiger partial charge in [0.1, 0.15) is 5.82 Å². The van der Waals surface area contributed by atoms with Gasteiger partial charge in [0.15, 0.2) is 0 Å². The SMILES string of the molecule is CCCc1nccn1CC(CS)C(C)(C)C. The summed E-state index contributed by atoms with van der Waals surface area (Å²) in [5, 5.41) is 0. The zero-order valence-electron chi connectivity index (χ0n) is 10.9. The number of aromatic nitrogens is 2. The van der Waals surface area contributed by atoms with Crippen molar-refractivity contribution in [1.82, 2.24) is 9.55 Å². The summed E-state index contributed by atoms with van der Waals surface area (Å²) in [6.45, 7) is 10.1. The molecule has 1 heterocycles. The van der Waals surface area contributed by atoms with Crippen molar-refractivity contribution >= 4 is 12.6 Å². The van der Waals surface area contributed by atoms with Crippen LogP contribution in [0.25, 0.3) is 0 Å². The molecule has 3 heteroatoms. The summed E-state index contributed by atoms with van der Waals surface area (Å²) >= 11 is 4.47. The topological polar surface area (TPSA) is 17.8 Å². The molecule has 1 rings (SSSR count). The van der Waals surface area contributed by atoms with Crippen molar-refractivity contribution in [3.05, 3.63) is 18.2 Å². The highest BCUT2D eigenvalue weighted by Gasteiger charge is 2.24. The molecular weight excluding hydrogens is 216 g/mol. The van der Waals surface area contributed by atoms with Gasteiger partial charge in [0.05, 0.1) is 0 Å². The molecule has 0 saturated heterocycles. The van der Waals surface area contributed by atoms with E-state index in [9.17, 15) is 0 Å². The maximum atomic E-state index is 4.47. The van der Waals surface area contributed by atoms with Crippen molar-refractivity contribution < 1.29 is 0 Å². The Morgan fingerprint density at radius 2 is 2.12 bits per heavy atom. The van der Waals surface area contributed by atoms with Crippen LogP contribution in [0.3, 0.4) is 0 Å². The van der Waals surface area contributed by atoms with Crippen LogP contribution in [0.15, 0.2) is 12.4 Å². The van der Waals surface area contributed by atoms with E-state index in [0.717, 1.165) is 25.1 Å². The van der Waals surface area contributed by atoms with E-state index >= 15 is 0 Å². The lowest BCUT2D eigenvalue weighted by molar-refractivity contribution is 0.236. The molecule has 0 aliphatic heterocycles. The Morgan fingerprint density at radius 3 is 2.62 bits per heavy atom. The molecule has 0 fully saturated rings. The van der Waals surface area contributed by atoms with Crippen molar-refractivity contribution in [2.24, 2.45) is 11.3 Å². The molecule has 16 heavy (non-hydrogen) atoms. The molecule has 2 nitrogen and oxygen atoms in total. The van der Waals surface area contributed by atoms with Crippen LogP contribution in [0.5, 0.6) is 0 Å². The van der Waals surface area contributed by atoms with E-state index in [0.29, 0.717) is 11.3 Å². The smallest absolute Gasteiger partial charge is 0.108 e. The van der Waals surface area contributed by atoms with Crippen molar-refractivity contribution in [2.75, 3.05) is 5.75 Å². The van der Waals surface area contributed by atoms with Crippen LogP contribution >= 0.6 is 12.6 Å². The summed E-state index contributed by atoms with van der Waals surface area (Å²) in [6.07, 6.45) is 6.21. The fraction of sp³-hybridized carbons (Fsp3) is 0.769. The molecule has 0 aliphatic carbocycles. The summed E-state index contributed by atoms with van der Waals surface area (Å²) in [5.41, 5.74) is 0.301. The van der Waals surface area contributed by atoms with Crippen LogP contribution in [0.2, 0.25) is 0 Å². The Balaban J connectivity index is 2.74. The largest absolute Gasteiger partial charge is 0.335 e. The fourth-order valence-corrected chi connectivity index (χ4v) is 2.46. The molecule has 0 saturated carbocycles. The van der Waals surface area contributed by atoms with Gasteiger partial charge in [-0.1, -0.05) is 27.7 Å². The Hall–Kier alpha value is -0.440. The molecule has 1 unspecified atom stereocenters. The molecule has 1 aromatic heterocycles. The van der Waals surface area contributed by atoms with Crippen LogP contribution in [0, 0.1) is 11.3 Å². The molecule has 1 aromatic rings. The summed E-state index contributed by atoms with van der Waals surface area (Å²) in [7, 11) is 0. The minimum Gasteiger partial charge on any atom is -0.335 e. The normalized spacial score (nSPS) is 14.1. The number of hydrogen-bond donors (Lipinski definition) is 1. The number of thiol groups is 1.